The molecule has 0 saturated heterocycles. The van der Waals surface area contributed by atoms with Crippen molar-refractivity contribution in [3.8, 4) is 0 Å². The fraction of sp³-hybridized carbons (Fsp3) is 0.458. The molecule has 1 fully saturated rings. The molecule has 1 amide bonds. The summed E-state index contributed by atoms with van der Waals surface area (Å²) in [5, 5.41) is 0.143. The maximum Gasteiger partial charge on any atom is 0.254 e. The second-order valence-electron chi connectivity index (χ2n) is 8.28. The molecule has 0 bridgehead atoms. The summed E-state index contributed by atoms with van der Waals surface area (Å²) in [6.45, 7) is 4.28. The topological polar surface area (TPSA) is 57.7 Å². The Labute approximate surface area is 190 Å². The van der Waals surface area contributed by atoms with E-state index >= 15 is 0 Å². The van der Waals surface area contributed by atoms with Crippen LogP contribution in [0.25, 0.3) is 0 Å². The van der Waals surface area contributed by atoms with Gasteiger partial charge in [0.15, 0.2) is 0 Å². The molecule has 7 heteroatoms. The second kappa shape index (κ2) is 8.93. The average Bonchev–Trinajstić information content (AvgIpc) is 3.60. The highest BCUT2D eigenvalue weighted by atomic mass is 35.5. The molecule has 2 aromatic carbocycles. The molecule has 2 aromatic rings. The van der Waals surface area contributed by atoms with Gasteiger partial charge in [0.05, 0.1) is 11.1 Å². The molecule has 31 heavy (non-hydrogen) atoms. The van der Waals surface area contributed by atoms with Gasteiger partial charge in [0.2, 0.25) is 10.0 Å². The van der Waals surface area contributed by atoms with Gasteiger partial charge in [0.1, 0.15) is 4.90 Å². The van der Waals surface area contributed by atoms with Crippen molar-refractivity contribution in [1.82, 2.24) is 9.21 Å². The van der Waals surface area contributed by atoms with E-state index < -0.39 is 10.0 Å². The Morgan fingerprint density at radius 1 is 1.06 bits per heavy atom. The SMILES string of the molecule is CCN(CC)S(=O)(=O)c1cc(C(=O)N(C2CC2)C2CCCc3ccccc32)ccc1Cl. The van der Waals surface area contributed by atoms with E-state index in [9.17, 15) is 13.2 Å². The fourth-order valence-electron chi connectivity index (χ4n) is 4.62. The van der Waals surface area contributed by atoms with Crippen molar-refractivity contribution >= 4 is 27.5 Å². The molecule has 0 radical (unpaired) electrons. The summed E-state index contributed by atoms with van der Waals surface area (Å²) < 4.78 is 27.5. The van der Waals surface area contributed by atoms with Gasteiger partial charge in [-0.2, -0.15) is 4.31 Å². The van der Waals surface area contributed by atoms with Gasteiger partial charge in [-0.3, -0.25) is 4.79 Å². The normalized spacial score (nSPS) is 18.6. The number of hydrogen-bond donors (Lipinski definition) is 0. The Morgan fingerprint density at radius 2 is 1.77 bits per heavy atom. The van der Waals surface area contributed by atoms with Gasteiger partial charge in [-0.25, -0.2) is 8.42 Å². The van der Waals surface area contributed by atoms with Gasteiger partial charge in [0.25, 0.3) is 5.91 Å². The summed E-state index contributed by atoms with van der Waals surface area (Å²) in [6.07, 6.45) is 4.98. The van der Waals surface area contributed by atoms with Crippen molar-refractivity contribution in [1.29, 1.82) is 0 Å². The van der Waals surface area contributed by atoms with E-state index in [4.69, 9.17) is 11.6 Å². The molecular weight excluding hydrogens is 432 g/mol. The van der Waals surface area contributed by atoms with Gasteiger partial charge < -0.3 is 4.90 Å². The molecule has 166 valence electrons. The number of hydrogen-bond acceptors (Lipinski definition) is 3. The fourth-order valence-corrected chi connectivity index (χ4v) is 6.58. The van der Waals surface area contributed by atoms with Crippen LogP contribution in [-0.2, 0) is 16.4 Å². The molecule has 0 heterocycles. The van der Waals surface area contributed by atoms with Crippen molar-refractivity contribution in [3.05, 3.63) is 64.2 Å². The third-order valence-corrected chi connectivity index (χ3v) is 8.88. The molecule has 2 aliphatic carbocycles. The van der Waals surface area contributed by atoms with E-state index in [1.165, 1.54) is 27.6 Å². The zero-order valence-corrected chi connectivity index (χ0v) is 19.6. The second-order valence-corrected chi connectivity index (χ2v) is 10.6. The van der Waals surface area contributed by atoms with Crippen LogP contribution in [0.3, 0.4) is 0 Å². The number of carbonyl (C=O) groups excluding carboxylic acids is 1. The van der Waals surface area contributed by atoms with Gasteiger partial charge >= 0.3 is 0 Å². The number of amides is 1. The average molecular weight is 461 g/mol. The van der Waals surface area contributed by atoms with Crippen molar-refractivity contribution in [3.63, 3.8) is 0 Å². The number of halogens is 1. The number of carbonyl (C=O) groups is 1. The lowest BCUT2D eigenvalue weighted by atomic mass is 9.86. The molecular formula is C24H29ClN2O3S. The van der Waals surface area contributed by atoms with E-state index in [0.29, 0.717) is 18.7 Å². The summed E-state index contributed by atoms with van der Waals surface area (Å²) in [5.74, 6) is -0.114. The van der Waals surface area contributed by atoms with Crippen LogP contribution in [0, 0.1) is 0 Å². The number of aryl methyl sites for hydroxylation is 1. The van der Waals surface area contributed by atoms with Crippen LogP contribution in [0.4, 0.5) is 0 Å². The standard InChI is InChI=1S/C24H29ClN2O3S/c1-3-26(4-2)31(29,30)23-16-18(12-15-21(23)25)24(28)27(19-13-14-19)22-11-7-9-17-8-5-6-10-20(17)22/h5-6,8,10,12,15-16,19,22H,3-4,7,9,11,13-14H2,1-2H3. The minimum Gasteiger partial charge on any atom is -0.329 e. The molecule has 1 unspecified atom stereocenters. The number of benzene rings is 2. The first-order valence-corrected chi connectivity index (χ1v) is 12.9. The lowest BCUT2D eigenvalue weighted by Gasteiger charge is -2.36. The number of fused-ring (bicyclic) bond motifs is 1. The van der Waals surface area contributed by atoms with Crippen molar-refractivity contribution in [2.75, 3.05) is 13.1 Å². The monoisotopic (exact) mass is 460 g/mol. The molecule has 0 aromatic heterocycles. The predicted octanol–water partition coefficient (Wildman–Crippen LogP) is 5.05. The van der Waals surface area contributed by atoms with E-state index in [0.717, 1.165) is 32.1 Å². The van der Waals surface area contributed by atoms with Gasteiger partial charge in [-0.1, -0.05) is 49.7 Å². The predicted molar refractivity (Wildman–Crippen MR) is 123 cm³/mol. The van der Waals surface area contributed by atoms with Gasteiger partial charge in [0, 0.05) is 24.7 Å². The minimum absolute atomic E-state index is 0.00325. The molecule has 2 aliphatic rings. The Bertz CT molecular complexity index is 1080. The molecule has 4 rings (SSSR count). The third-order valence-electron chi connectivity index (χ3n) is 6.35. The van der Waals surface area contributed by atoms with E-state index in [2.05, 4.69) is 12.1 Å². The van der Waals surface area contributed by atoms with Crippen LogP contribution < -0.4 is 0 Å². The summed E-state index contributed by atoms with van der Waals surface area (Å²) in [4.78, 5) is 15.7. The van der Waals surface area contributed by atoms with Crippen molar-refractivity contribution < 1.29 is 13.2 Å². The lowest BCUT2D eigenvalue weighted by Crippen LogP contribution is -2.38. The maximum atomic E-state index is 13.7. The molecule has 5 nitrogen and oxygen atoms in total. The van der Waals surface area contributed by atoms with Crippen molar-refractivity contribution in [2.45, 2.75) is 62.9 Å². The number of rotatable bonds is 7. The molecule has 1 saturated carbocycles. The highest BCUT2D eigenvalue weighted by Crippen LogP contribution is 2.42. The zero-order valence-electron chi connectivity index (χ0n) is 18.1. The van der Waals surface area contributed by atoms with Crippen LogP contribution >= 0.6 is 11.6 Å². The largest absolute Gasteiger partial charge is 0.329 e. The first-order chi connectivity index (χ1) is 14.9. The number of nitrogens with zero attached hydrogens (tertiary/aromatic N) is 2. The van der Waals surface area contributed by atoms with Crippen molar-refractivity contribution in [2.24, 2.45) is 0 Å². The van der Waals surface area contributed by atoms with Crippen LogP contribution in [-0.4, -0.2) is 42.7 Å². The molecule has 0 N–H and O–H groups in total. The zero-order chi connectivity index (χ0) is 22.2. The Balaban J connectivity index is 1.72. The van der Waals surface area contributed by atoms with Gasteiger partial charge in [-0.15, -0.1) is 0 Å². The Hall–Kier alpha value is -1.89. The van der Waals surface area contributed by atoms with E-state index in [1.807, 2.05) is 17.0 Å². The van der Waals surface area contributed by atoms with Crippen LogP contribution in [0.5, 0.6) is 0 Å². The first kappa shape index (κ1) is 22.3. The summed E-state index contributed by atoms with van der Waals surface area (Å²) >= 11 is 6.28. The lowest BCUT2D eigenvalue weighted by molar-refractivity contribution is 0.0637. The van der Waals surface area contributed by atoms with Crippen LogP contribution in [0.15, 0.2) is 47.4 Å². The highest BCUT2D eigenvalue weighted by Gasteiger charge is 2.40. The minimum atomic E-state index is -3.76. The van der Waals surface area contributed by atoms with Crippen LogP contribution in [0.1, 0.15) is 67.1 Å². The first-order valence-electron chi connectivity index (χ1n) is 11.1. The van der Waals surface area contributed by atoms with Gasteiger partial charge in [-0.05, 0) is 61.4 Å². The molecule has 1 atom stereocenters. The summed E-state index contributed by atoms with van der Waals surface area (Å²) in [5.41, 5.74) is 2.90. The molecule has 0 aliphatic heterocycles. The third kappa shape index (κ3) is 4.26. The van der Waals surface area contributed by atoms with E-state index in [1.54, 1.807) is 19.9 Å². The number of sulfonamides is 1. The smallest absolute Gasteiger partial charge is 0.254 e. The molecule has 0 spiro atoms. The summed E-state index contributed by atoms with van der Waals surface area (Å²) in [6, 6.07) is 13.2. The highest BCUT2D eigenvalue weighted by molar-refractivity contribution is 7.89. The maximum absolute atomic E-state index is 13.7. The quantitative estimate of drug-likeness (QED) is 0.580. The van der Waals surface area contributed by atoms with Crippen LogP contribution in [0.2, 0.25) is 5.02 Å². The Morgan fingerprint density at radius 3 is 2.45 bits per heavy atom. The van der Waals surface area contributed by atoms with E-state index in [-0.39, 0.29) is 27.9 Å². The Kier molecular flexibility index (Phi) is 6.42. The summed E-state index contributed by atoms with van der Waals surface area (Å²) in [7, 11) is -3.76.